The summed E-state index contributed by atoms with van der Waals surface area (Å²) in [7, 11) is -3.46. The monoisotopic (exact) mass is 299 g/mol. The molecule has 0 aliphatic carbocycles. The molecule has 1 heterocycles. The summed E-state index contributed by atoms with van der Waals surface area (Å²) in [5.41, 5.74) is 1.09. The highest BCUT2D eigenvalue weighted by atomic mass is 32.2. The Bertz CT molecular complexity index is 559. The van der Waals surface area contributed by atoms with E-state index in [1.807, 2.05) is 0 Å². The third-order valence-electron chi connectivity index (χ3n) is 3.24. The van der Waals surface area contributed by atoms with Crippen LogP contribution in [0.5, 0.6) is 5.75 Å². The van der Waals surface area contributed by atoms with E-state index in [-0.39, 0.29) is 11.5 Å². The number of nitrogens with zero attached hydrogens (tertiary/aromatic N) is 1. The molecule has 0 amide bonds. The molecule has 0 bridgehead atoms. The number of rotatable bonds is 5. The molecule has 1 aliphatic rings. The van der Waals surface area contributed by atoms with E-state index in [9.17, 15) is 12.8 Å². The molecule has 6 heteroatoms. The lowest BCUT2D eigenvalue weighted by Crippen LogP contribution is -2.36. The highest BCUT2D eigenvalue weighted by Gasteiger charge is 2.26. The van der Waals surface area contributed by atoms with Crippen LogP contribution in [-0.2, 0) is 10.0 Å². The molecule has 110 valence electrons. The van der Waals surface area contributed by atoms with Gasteiger partial charge in [0.2, 0.25) is 10.0 Å². The molecule has 1 saturated heterocycles. The molecule has 0 saturated carbocycles. The summed E-state index contributed by atoms with van der Waals surface area (Å²) in [5, 5.41) is 0. The second-order valence-corrected chi connectivity index (χ2v) is 6.60. The van der Waals surface area contributed by atoms with Crippen molar-refractivity contribution in [2.75, 3.05) is 26.4 Å². The van der Waals surface area contributed by atoms with Gasteiger partial charge in [0, 0.05) is 13.1 Å². The quantitative estimate of drug-likeness (QED) is 0.784. The van der Waals surface area contributed by atoms with Gasteiger partial charge in [-0.2, -0.15) is 4.31 Å². The van der Waals surface area contributed by atoms with Crippen LogP contribution in [0, 0.1) is 0 Å². The van der Waals surface area contributed by atoms with Crippen molar-refractivity contribution in [3.63, 3.8) is 0 Å². The Balaban J connectivity index is 2.11. The fourth-order valence-corrected chi connectivity index (χ4v) is 3.50. The average molecular weight is 299 g/mol. The van der Waals surface area contributed by atoms with Crippen molar-refractivity contribution in [2.24, 2.45) is 0 Å². The Hall–Kier alpha value is -1.40. The Labute approximate surface area is 118 Å². The molecule has 1 aromatic rings. The molecule has 0 atom stereocenters. The van der Waals surface area contributed by atoms with E-state index in [0.29, 0.717) is 31.7 Å². The van der Waals surface area contributed by atoms with Crippen molar-refractivity contribution in [1.29, 1.82) is 0 Å². The summed E-state index contributed by atoms with van der Waals surface area (Å²) in [6, 6.07) is 6.08. The zero-order valence-electron chi connectivity index (χ0n) is 11.2. The van der Waals surface area contributed by atoms with Gasteiger partial charge in [-0.15, -0.1) is 0 Å². The maximum atomic E-state index is 12.4. The summed E-state index contributed by atoms with van der Waals surface area (Å²) >= 11 is 0. The van der Waals surface area contributed by atoms with Crippen LogP contribution >= 0.6 is 0 Å². The SMILES string of the molecule is C=C1CCN(S(=O)(=O)c2ccc(OCCF)cc2)CC1. The number of benzene rings is 1. The molecule has 0 aromatic heterocycles. The minimum atomic E-state index is -3.46. The molecule has 20 heavy (non-hydrogen) atoms. The summed E-state index contributed by atoms with van der Waals surface area (Å²) in [6.07, 6.45) is 1.41. The van der Waals surface area contributed by atoms with Gasteiger partial charge in [-0.25, -0.2) is 12.8 Å². The van der Waals surface area contributed by atoms with Crippen LogP contribution in [0.15, 0.2) is 41.3 Å². The number of sulfonamides is 1. The van der Waals surface area contributed by atoms with E-state index >= 15 is 0 Å². The van der Waals surface area contributed by atoms with Crippen LogP contribution in [0.4, 0.5) is 4.39 Å². The molecular weight excluding hydrogens is 281 g/mol. The van der Waals surface area contributed by atoms with Gasteiger partial charge in [0.25, 0.3) is 0 Å². The Kier molecular flexibility index (Phi) is 4.77. The first kappa shape index (κ1) is 15.0. The predicted molar refractivity (Wildman–Crippen MR) is 75.0 cm³/mol. The molecule has 4 nitrogen and oxygen atoms in total. The standard InChI is InChI=1S/C14H18FNO3S/c1-12-6-9-16(10-7-12)20(17,18)14-4-2-13(3-5-14)19-11-8-15/h2-5H,1,6-11H2. The topological polar surface area (TPSA) is 46.6 Å². The van der Waals surface area contributed by atoms with Crippen molar-refractivity contribution in [3.8, 4) is 5.75 Å². The highest BCUT2D eigenvalue weighted by Crippen LogP contribution is 2.24. The summed E-state index contributed by atoms with van der Waals surface area (Å²) in [5.74, 6) is 0.466. The van der Waals surface area contributed by atoms with Crippen LogP contribution < -0.4 is 4.74 Å². The number of hydrogen-bond acceptors (Lipinski definition) is 3. The van der Waals surface area contributed by atoms with Crippen LogP contribution in [0.3, 0.4) is 0 Å². The summed E-state index contributed by atoms with van der Waals surface area (Å²) in [6.45, 7) is 4.22. The Morgan fingerprint density at radius 1 is 1.20 bits per heavy atom. The normalized spacial score (nSPS) is 17.1. The maximum Gasteiger partial charge on any atom is 0.243 e. The van der Waals surface area contributed by atoms with Gasteiger partial charge in [0.15, 0.2) is 0 Å². The molecule has 0 unspecified atom stereocenters. The van der Waals surface area contributed by atoms with Crippen molar-refractivity contribution < 1.29 is 17.5 Å². The first-order valence-electron chi connectivity index (χ1n) is 6.49. The average Bonchev–Trinajstić information content (AvgIpc) is 2.46. The third-order valence-corrected chi connectivity index (χ3v) is 5.15. The lowest BCUT2D eigenvalue weighted by Gasteiger charge is -2.27. The minimum Gasteiger partial charge on any atom is -0.491 e. The van der Waals surface area contributed by atoms with Gasteiger partial charge in [-0.1, -0.05) is 12.2 Å². The molecule has 2 rings (SSSR count). The molecule has 1 aliphatic heterocycles. The van der Waals surface area contributed by atoms with Gasteiger partial charge in [0.1, 0.15) is 19.0 Å². The third kappa shape index (κ3) is 3.37. The zero-order chi connectivity index (χ0) is 14.6. The van der Waals surface area contributed by atoms with Gasteiger partial charge in [-0.05, 0) is 37.1 Å². The van der Waals surface area contributed by atoms with E-state index in [4.69, 9.17) is 4.74 Å². The Morgan fingerprint density at radius 2 is 1.80 bits per heavy atom. The minimum absolute atomic E-state index is 0.0274. The van der Waals surface area contributed by atoms with Crippen molar-refractivity contribution in [1.82, 2.24) is 4.31 Å². The lowest BCUT2D eigenvalue weighted by atomic mass is 10.1. The van der Waals surface area contributed by atoms with Crippen LogP contribution in [0.1, 0.15) is 12.8 Å². The summed E-state index contributed by atoms with van der Waals surface area (Å²) in [4.78, 5) is 0.234. The predicted octanol–water partition coefficient (Wildman–Crippen LogP) is 2.38. The van der Waals surface area contributed by atoms with Crippen molar-refractivity contribution in [2.45, 2.75) is 17.7 Å². The number of alkyl halides is 1. The number of hydrogen-bond donors (Lipinski definition) is 0. The van der Waals surface area contributed by atoms with E-state index in [1.165, 1.54) is 16.4 Å². The highest BCUT2D eigenvalue weighted by molar-refractivity contribution is 7.89. The van der Waals surface area contributed by atoms with Gasteiger partial charge >= 0.3 is 0 Å². The second kappa shape index (κ2) is 6.37. The maximum absolute atomic E-state index is 12.4. The largest absolute Gasteiger partial charge is 0.491 e. The van der Waals surface area contributed by atoms with Gasteiger partial charge in [0.05, 0.1) is 4.90 Å². The molecule has 0 N–H and O–H groups in total. The molecule has 1 fully saturated rings. The molecule has 0 spiro atoms. The van der Waals surface area contributed by atoms with Crippen LogP contribution in [-0.4, -0.2) is 39.1 Å². The fourth-order valence-electron chi connectivity index (χ4n) is 2.06. The number of ether oxygens (including phenoxy) is 1. The first-order chi connectivity index (χ1) is 9.54. The molecular formula is C14H18FNO3S. The lowest BCUT2D eigenvalue weighted by molar-refractivity contribution is 0.273. The Morgan fingerprint density at radius 3 is 2.35 bits per heavy atom. The fraction of sp³-hybridized carbons (Fsp3) is 0.429. The van der Waals surface area contributed by atoms with Crippen molar-refractivity contribution >= 4 is 10.0 Å². The van der Waals surface area contributed by atoms with E-state index in [0.717, 1.165) is 5.57 Å². The number of piperidine rings is 1. The molecule has 0 radical (unpaired) electrons. The van der Waals surface area contributed by atoms with Crippen LogP contribution in [0.25, 0.3) is 0 Å². The smallest absolute Gasteiger partial charge is 0.243 e. The van der Waals surface area contributed by atoms with Crippen molar-refractivity contribution in [3.05, 3.63) is 36.4 Å². The van der Waals surface area contributed by atoms with Gasteiger partial charge in [-0.3, -0.25) is 0 Å². The first-order valence-corrected chi connectivity index (χ1v) is 7.93. The molecule has 1 aromatic carbocycles. The van der Waals surface area contributed by atoms with E-state index < -0.39 is 16.7 Å². The van der Waals surface area contributed by atoms with E-state index in [1.54, 1.807) is 12.1 Å². The zero-order valence-corrected chi connectivity index (χ0v) is 12.0. The second-order valence-electron chi connectivity index (χ2n) is 4.66. The van der Waals surface area contributed by atoms with E-state index in [2.05, 4.69) is 6.58 Å². The van der Waals surface area contributed by atoms with Crippen LogP contribution in [0.2, 0.25) is 0 Å². The summed E-state index contributed by atoms with van der Waals surface area (Å²) < 4.78 is 43.4. The number of halogens is 1. The van der Waals surface area contributed by atoms with Gasteiger partial charge < -0.3 is 4.74 Å².